The minimum atomic E-state index is -4.39. The Labute approximate surface area is 97.0 Å². The first kappa shape index (κ1) is 12.2. The highest BCUT2D eigenvalue weighted by molar-refractivity contribution is 5.46. The van der Waals surface area contributed by atoms with E-state index in [1.165, 1.54) is 12.3 Å². The average Bonchev–Trinajstić information content (AvgIpc) is 2.64. The molecule has 2 rings (SSSR count). The van der Waals surface area contributed by atoms with E-state index in [-0.39, 0.29) is 18.0 Å². The molecule has 0 spiro atoms. The molecule has 0 radical (unpaired) electrons. The molecule has 1 aromatic rings. The van der Waals surface area contributed by atoms with E-state index in [0.717, 1.165) is 6.07 Å². The van der Waals surface area contributed by atoms with Gasteiger partial charge in [-0.1, -0.05) is 0 Å². The van der Waals surface area contributed by atoms with Crippen LogP contribution in [-0.4, -0.2) is 23.7 Å². The number of nitrogens with one attached hydrogen (secondary N) is 1. The van der Waals surface area contributed by atoms with E-state index in [9.17, 15) is 13.2 Å². The third-order valence-corrected chi connectivity index (χ3v) is 2.81. The van der Waals surface area contributed by atoms with Crippen molar-refractivity contribution in [1.29, 1.82) is 0 Å². The Bertz CT molecular complexity index is 395. The Balaban J connectivity index is 2.21. The molecule has 94 valence electrons. The lowest BCUT2D eigenvalue weighted by Crippen LogP contribution is -2.28. The van der Waals surface area contributed by atoms with Gasteiger partial charge >= 0.3 is 6.18 Å². The summed E-state index contributed by atoms with van der Waals surface area (Å²) in [5.41, 5.74) is -0.737. The highest BCUT2D eigenvalue weighted by Crippen LogP contribution is 2.34. The molecular weight excluding hydrogens is 233 g/mol. The SMILES string of the molecule is CC1OCCC1Nc1ncccc1C(F)(F)F. The second-order valence-electron chi connectivity index (χ2n) is 4.01. The second-order valence-corrected chi connectivity index (χ2v) is 4.01. The number of aromatic nitrogens is 1. The maximum absolute atomic E-state index is 12.7. The molecule has 0 aromatic carbocycles. The van der Waals surface area contributed by atoms with Crippen LogP contribution >= 0.6 is 0 Å². The van der Waals surface area contributed by atoms with E-state index in [4.69, 9.17) is 4.74 Å². The fourth-order valence-electron chi connectivity index (χ4n) is 1.85. The molecule has 1 aliphatic rings. The van der Waals surface area contributed by atoms with Crippen molar-refractivity contribution >= 4 is 5.82 Å². The lowest BCUT2D eigenvalue weighted by Gasteiger charge is -2.19. The van der Waals surface area contributed by atoms with Crippen LogP contribution in [0.25, 0.3) is 0 Å². The fraction of sp³-hybridized carbons (Fsp3) is 0.545. The summed E-state index contributed by atoms with van der Waals surface area (Å²) in [5.74, 6) is -0.123. The first-order valence-corrected chi connectivity index (χ1v) is 5.39. The first-order chi connectivity index (χ1) is 7.98. The van der Waals surface area contributed by atoms with Gasteiger partial charge in [-0.2, -0.15) is 13.2 Å². The first-order valence-electron chi connectivity index (χ1n) is 5.39. The number of anilines is 1. The standard InChI is InChI=1S/C11H13F3N2O/c1-7-9(4-6-17-7)16-10-8(11(12,13)14)3-2-5-15-10/h2-3,5,7,9H,4,6H2,1H3,(H,15,16). The molecule has 3 nitrogen and oxygen atoms in total. The van der Waals surface area contributed by atoms with Crippen molar-refractivity contribution in [3.8, 4) is 0 Å². The van der Waals surface area contributed by atoms with Crippen LogP contribution in [0.5, 0.6) is 0 Å². The van der Waals surface area contributed by atoms with E-state index in [0.29, 0.717) is 13.0 Å². The molecule has 2 heterocycles. The fourth-order valence-corrected chi connectivity index (χ4v) is 1.85. The number of halogens is 3. The van der Waals surface area contributed by atoms with Gasteiger partial charge < -0.3 is 10.1 Å². The summed E-state index contributed by atoms with van der Waals surface area (Å²) >= 11 is 0. The van der Waals surface area contributed by atoms with Gasteiger partial charge in [0.25, 0.3) is 0 Å². The van der Waals surface area contributed by atoms with Crippen LogP contribution in [-0.2, 0) is 10.9 Å². The zero-order valence-electron chi connectivity index (χ0n) is 9.29. The monoisotopic (exact) mass is 246 g/mol. The molecule has 1 aliphatic heterocycles. The number of alkyl halides is 3. The summed E-state index contributed by atoms with van der Waals surface area (Å²) in [6, 6.07) is 2.18. The zero-order chi connectivity index (χ0) is 12.5. The topological polar surface area (TPSA) is 34.1 Å². The van der Waals surface area contributed by atoms with Crippen LogP contribution in [0.15, 0.2) is 18.3 Å². The number of nitrogens with zero attached hydrogens (tertiary/aromatic N) is 1. The van der Waals surface area contributed by atoms with Crippen molar-refractivity contribution in [2.75, 3.05) is 11.9 Å². The van der Waals surface area contributed by atoms with Crippen LogP contribution in [0.1, 0.15) is 18.9 Å². The molecule has 0 aliphatic carbocycles. The Morgan fingerprint density at radius 2 is 2.24 bits per heavy atom. The van der Waals surface area contributed by atoms with Gasteiger partial charge in [0.15, 0.2) is 0 Å². The quantitative estimate of drug-likeness (QED) is 0.871. The van der Waals surface area contributed by atoms with Crippen LogP contribution in [0.2, 0.25) is 0 Å². The van der Waals surface area contributed by atoms with Crippen molar-refractivity contribution in [3.63, 3.8) is 0 Å². The van der Waals surface area contributed by atoms with E-state index in [2.05, 4.69) is 10.3 Å². The molecular formula is C11H13F3N2O. The summed E-state index contributed by atoms with van der Waals surface area (Å²) in [4.78, 5) is 3.76. The molecule has 2 atom stereocenters. The van der Waals surface area contributed by atoms with E-state index in [1.54, 1.807) is 0 Å². The summed E-state index contributed by atoms with van der Waals surface area (Å²) in [6.07, 6.45) is -2.45. The Hall–Kier alpha value is -1.30. The van der Waals surface area contributed by atoms with Gasteiger partial charge in [-0.05, 0) is 25.5 Å². The van der Waals surface area contributed by atoms with Gasteiger partial charge in [-0.15, -0.1) is 0 Å². The van der Waals surface area contributed by atoms with Gasteiger partial charge in [-0.25, -0.2) is 4.98 Å². The predicted octanol–water partition coefficient (Wildman–Crippen LogP) is 2.69. The molecule has 6 heteroatoms. The summed E-state index contributed by atoms with van der Waals surface area (Å²) in [5, 5.41) is 2.81. The van der Waals surface area contributed by atoms with Crippen LogP contribution in [0, 0.1) is 0 Å². The molecule has 17 heavy (non-hydrogen) atoms. The molecule has 1 N–H and O–H groups in total. The lowest BCUT2D eigenvalue weighted by atomic mass is 10.1. The Morgan fingerprint density at radius 3 is 2.82 bits per heavy atom. The number of hydrogen-bond donors (Lipinski definition) is 1. The molecule has 1 fully saturated rings. The van der Waals surface area contributed by atoms with Crippen molar-refractivity contribution < 1.29 is 17.9 Å². The number of hydrogen-bond acceptors (Lipinski definition) is 3. The van der Waals surface area contributed by atoms with Crippen LogP contribution in [0.4, 0.5) is 19.0 Å². The molecule has 0 saturated carbocycles. The normalized spacial score (nSPS) is 24.9. The largest absolute Gasteiger partial charge is 0.419 e. The number of ether oxygens (including phenoxy) is 1. The average molecular weight is 246 g/mol. The Morgan fingerprint density at radius 1 is 1.47 bits per heavy atom. The number of pyridine rings is 1. The van der Waals surface area contributed by atoms with Crippen molar-refractivity contribution in [1.82, 2.24) is 4.98 Å². The lowest BCUT2D eigenvalue weighted by molar-refractivity contribution is -0.137. The van der Waals surface area contributed by atoms with Gasteiger partial charge in [-0.3, -0.25) is 0 Å². The third kappa shape index (κ3) is 2.69. The van der Waals surface area contributed by atoms with E-state index < -0.39 is 11.7 Å². The zero-order valence-corrected chi connectivity index (χ0v) is 9.29. The maximum atomic E-state index is 12.7. The highest BCUT2D eigenvalue weighted by atomic mass is 19.4. The molecule has 0 amide bonds. The minimum Gasteiger partial charge on any atom is -0.376 e. The molecule has 0 bridgehead atoms. The molecule has 1 aromatic heterocycles. The van der Waals surface area contributed by atoms with Crippen molar-refractivity contribution in [2.45, 2.75) is 31.7 Å². The van der Waals surface area contributed by atoms with Gasteiger partial charge in [0.05, 0.1) is 17.7 Å². The minimum absolute atomic E-state index is 0.0990. The van der Waals surface area contributed by atoms with Gasteiger partial charge in [0, 0.05) is 12.8 Å². The maximum Gasteiger partial charge on any atom is 0.419 e. The molecule has 1 saturated heterocycles. The predicted molar refractivity (Wildman–Crippen MR) is 56.7 cm³/mol. The van der Waals surface area contributed by atoms with Gasteiger partial charge in [0.2, 0.25) is 0 Å². The van der Waals surface area contributed by atoms with Gasteiger partial charge in [0.1, 0.15) is 5.82 Å². The van der Waals surface area contributed by atoms with Crippen molar-refractivity contribution in [2.24, 2.45) is 0 Å². The highest BCUT2D eigenvalue weighted by Gasteiger charge is 2.35. The van der Waals surface area contributed by atoms with Crippen molar-refractivity contribution in [3.05, 3.63) is 23.9 Å². The summed E-state index contributed by atoms with van der Waals surface area (Å²) < 4.78 is 43.4. The third-order valence-electron chi connectivity index (χ3n) is 2.81. The summed E-state index contributed by atoms with van der Waals surface area (Å²) in [6.45, 7) is 2.40. The molecule has 2 unspecified atom stereocenters. The smallest absolute Gasteiger partial charge is 0.376 e. The summed E-state index contributed by atoms with van der Waals surface area (Å²) in [7, 11) is 0. The number of rotatable bonds is 2. The second kappa shape index (κ2) is 4.52. The Kier molecular flexibility index (Phi) is 3.24. The van der Waals surface area contributed by atoms with Crippen LogP contribution < -0.4 is 5.32 Å². The van der Waals surface area contributed by atoms with E-state index >= 15 is 0 Å². The van der Waals surface area contributed by atoms with E-state index in [1.807, 2.05) is 6.92 Å². The van der Waals surface area contributed by atoms with Crippen LogP contribution in [0.3, 0.4) is 0 Å².